The normalized spacial score (nSPS) is 12.2. The fourth-order valence-corrected chi connectivity index (χ4v) is 2.75. The molecule has 21 heavy (non-hydrogen) atoms. The van der Waals surface area contributed by atoms with Crippen molar-refractivity contribution in [3.63, 3.8) is 0 Å². The van der Waals surface area contributed by atoms with Crippen molar-refractivity contribution in [2.75, 3.05) is 0 Å². The predicted molar refractivity (Wildman–Crippen MR) is 83.3 cm³/mol. The molecule has 0 saturated heterocycles. The molecule has 0 atom stereocenters. The molecule has 0 unspecified atom stereocenters. The molecule has 1 rings (SSSR count). The van der Waals surface area contributed by atoms with E-state index in [0.717, 1.165) is 18.4 Å². The number of amides is 1. The molecule has 0 aliphatic carbocycles. The van der Waals surface area contributed by atoms with Crippen LogP contribution in [0.5, 0.6) is 0 Å². The van der Waals surface area contributed by atoms with Crippen molar-refractivity contribution in [3.8, 4) is 0 Å². The summed E-state index contributed by atoms with van der Waals surface area (Å²) < 4.78 is 22.3. The van der Waals surface area contributed by atoms with Crippen LogP contribution in [0.3, 0.4) is 0 Å². The zero-order valence-electron chi connectivity index (χ0n) is 12.8. The van der Waals surface area contributed by atoms with Crippen LogP contribution in [0.2, 0.25) is 0 Å². The molecule has 0 spiro atoms. The highest BCUT2D eigenvalue weighted by atomic mass is 32.2. The van der Waals surface area contributed by atoms with Gasteiger partial charge >= 0.3 is 0 Å². The summed E-state index contributed by atoms with van der Waals surface area (Å²) in [4.78, 5) is 12.0. The van der Waals surface area contributed by atoms with Gasteiger partial charge in [0.25, 0.3) is 0 Å². The van der Waals surface area contributed by atoms with Crippen LogP contribution in [0.15, 0.2) is 29.2 Å². The average Bonchev–Trinajstić information content (AvgIpc) is 2.35. The zero-order valence-corrected chi connectivity index (χ0v) is 13.7. The van der Waals surface area contributed by atoms with Crippen LogP contribution in [0.4, 0.5) is 0 Å². The van der Waals surface area contributed by atoms with Gasteiger partial charge in [0, 0.05) is 12.0 Å². The molecule has 1 amide bonds. The van der Waals surface area contributed by atoms with Crippen molar-refractivity contribution in [3.05, 3.63) is 29.8 Å². The molecule has 5 nitrogen and oxygen atoms in total. The Labute approximate surface area is 127 Å². The summed E-state index contributed by atoms with van der Waals surface area (Å²) in [5.41, 5.74) is 0.717. The maximum atomic E-state index is 11.9. The fourth-order valence-electron chi connectivity index (χ4n) is 2.23. The molecular formula is C15H24N2O3S. The van der Waals surface area contributed by atoms with E-state index in [4.69, 9.17) is 5.14 Å². The number of nitrogens with two attached hydrogens (primary N) is 1. The summed E-state index contributed by atoms with van der Waals surface area (Å²) in [5, 5.41) is 8.04. The van der Waals surface area contributed by atoms with E-state index in [2.05, 4.69) is 12.2 Å². The molecule has 3 N–H and O–H groups in total. The van der Waals surface area contributed by atoms with E-state index in [-0.39, 0.29) is 16.3 Å². The highest BCUT2D eigenvalue weighted by Crippen LogP contribution is 2.13. The maximum Gasteiger partial charge on any atom is 0.238 e. The third-order valence-electron chi connectivity index (χ3n) is 3.25. The number of rotatable bonds is 7. The Morgan fingerprint density at radius 2 is 1.81 bits per heavy atom. The van der Waals surface area contributed by atoms with E-state index in [1.165, 1.54) is 12.1 Å². The summed E-state index contributed by atoms with van der Waals surface area (Å²) >= 11 is 0. The van der Waals surface area contributed by atoms with Crippen LogP contribution in [-0.4, -0.2) is 19.9 Å². The summed E-state index contributed by atoms with van der Waals surface area (Å²) in [5.74, 6) is 0.00368. The second kappa shape index (κ2) is 7.04. The Bertz CT molecular complexity index is 577. The molecule has 1 aromatic carbocycles. The molecule has 0 radical (unpaired) electrons. The van der Waals surface area contributed by atoms with Crippen molar-refractivity contribution < 1.29 is 13.2 Å². The molecule has 6 heteroatoms. The van der Waals surface area contributed by atoms with Crippen LogP contribution in [-0.2, 0) is 21.2 Å². The average molecular weight is 312 g/mol. The number of sulfonamides is 1. The molecule has 1 aromatic rings. The molecule has 0 bridgehead atoms. The van der Waals surface area contributed by atoms with E-state index in [1.807, 2.05) is 13.8 Å². The number of hydrogen-bond donors (Lipinski definition) is 2. The first kappa shape index (κ1) is 17.7. The Morgan fingerprint density at radius 3 is 2.29 bits per heavy atom. The SMILES string of the molecule is CCCC(C)(C)NC(=O)CCc1ccc(S(N)(=O)=O)cc1. The van der Waals surface area contributed by atoms with E-state index < -0.39 is 10.0 Å². The van der Waals surface area contributed by atoms with Gasteiger partial charge < -0.3 is 5.32 Å². The van der Waals surface area contributed by atoms with E-state index in [0.29, 0.717) is 12.8 Å². The molecule has 0 aliphatic heterocycles. The number of nitrogens with one attached hydrogen (secondary N) is 1. The van der Waals surface area contributed by atoms with Crippen LogP contribution in [0.25, 0.3) is 0 Å². The minimum absolute atomic E-state index is 0.00368. The molecule has 0 aliphatic rings. The largest absolute Gasteiger partial charge is 0.351 e. The number of carbonyl (C=O) groups excluding carboxylic acids is 1. The van der Waals surface area contributed by atoms with E-state index in [9.17, 15) is 13.2 Å². The van der Waals surface area contributed by atoms with E-state index in [1.54, 1.807) is 12.1 Å². The third kappa shape index (κ3) is 6.27. The summed E-state index contributed by atoms with van der Waals surface area (Å²) in [6.45, 7) is 6.10. The minimum Gasteiger partial charge on any atom is -0.351 e. The van der Waals surface area contributed by atoms with E-state index >= 15 is 0 Å². The fraction of sp³-hybridized carbons (Fsp3) is 0.533. The predicted octanol–water partition coefficient (Wildman–Crippen LogP) is 1.96. The van der Waals surface area contributed by atoms with Gasteiger partial charge in [-0.15, -0.1) is 0 Å². The lowest BCUT2D eigenvalue weighted by atomic mass is 9.98. The van der Waals surface area contributed by atoms with Crippen molar-refractivity contribution in [1.82, 2.24) is 5.32 Å². The molecule has 0 heterocycles. The van der Waals surface area contributed by atoms with Gasteiger partial charge in [0.2, 0.25) is 15.9 Å². The van der Waals surface area contributed by atoms with Crippen molar-refractivity contribution >= 4 is 15.9 Å². The Balaban J connectivity index is 2.54. The maximum absolute atomic E-state index is 11.9. The third-order valence-corrected chi connectivity index (χ3v) is 4.17. The molecule has 0 fully saturated rings. The standard InChI is InChI=1S/C15H24N2O3S/c1-4-11-15(2,3)17-14(18)10-7-12-5-8-13(9-6-12)21(16,19)20/h5-6,8-9H,4,7,10-11H2,1-3H3,(H,17,18)(H2,16,19,20). The lowest BCUT2D eigenvalue weighted by Gasteiger charge is -2.25. The number of carbonyl (C=O) groups is 1. The van der Waals surface area contributed by atoms with Gasteiger partial charge in [0.1, 0.15) is 0 Å². The van der Waals surface area contributed by atoms with Gasteiger partial charge in [-0.1, -0.05) is 25.5 Å². The minimum atomic E-state index is -3.66. The van der Waals surface area contributed by atoms with Crippen LogP contribution in [0.1, 0.15) is 45.6 Å². The number of primary sulfonamides is 1. The zero-order chi connectivity index (χ0) is 16.1. The topological polar surface area (TPSA) is 89.3 Å². The highest BCUT2D eigenvalue weighted by molar-refractivity contribution is 7.89. The number of hydrogen-bond acceptors (Lipinski definition) is 3. The Kier molecular flexibility index (Phi) is 5.92. The lowest BCUT2D eigenvalue weighted by molar-refractivity contribution is -0.122. The van der Waals surface area contributed by atoms with Gasteiger partial charge in [-0.3, -0.25) is 4.79 Å². The monoisotopic (exact) mass is 312 g/mol. The van der Waals surface area contributed by atoms with Gasteiger partial charge in [-0.2, -0.15) is 0 Å². The number of benzene rings is 1. The van der Waals surface area contributed by atoms with Crippen molar-refractivity contribution in [2.24, 2.45) is 5.14 Å². The van der Waals surface area contributed by atoms with Crippen LogP contribution >= 0.6 is 0 Å². The van der Waals surface area contributed by atoms with Gasteiger partial charge in [0.05, 0.1) is 4.90 Å². The van der Waals surface area contributed by atoms with Gasteiger partial charge in [0.15, 0.2) is 0 Å². The summed E-state index contributed by atoms with van der Waals surface area (Å²) in [6.07, 6.45) is 2.89. The first-order valence-electron chi connectivity index (χ1n) is 7.07. The van der Waals surface area contributed by atoms with Crippen molar-refractivity contribution in [1.29, 1.82) is 0 Å². The molecule has 118 valence electrons. The van der Waals surface area contributed by atoms with Gasteiger partial charge in [-0.25, -0.2) is 13.6 Å². The Morgan fingerprint density at radius 1 is 1.24 bits per heavy atom. The summed E-state index contributed by atoms with van der Waals surface area (Å²) in [6, 6.07) is 6.29. The smallest absolute Gasteiger partial charge is 0.238 e. The van der Waals surface area contributed by atoms with Gasteiger partial charge in [-0.05, 0) is 44.4 Å². The molecule has 0 aromatic heterocycles. The van der Waals surface area contributed by atoms with Crippen LogP contribution < -0.4 is 10.5 Å². The number of aryl methyl sites for hydroxylation is 1. The van der Waals surface area contributed by atoms with Crippen molar-refractivity contribution in [2.45, 2.75) is 56.9 Å². The highest BCUT2D eigenvalue weighted by Gasteiger charge is 2.18. The molecule has 0 saturated carbocycles. The Hall–Kier alpha value is -1.40. The van der Waals surface area contributed by atoms with Crippen LogP contribution in [0, 0.1) is 0 Å². The second-order valence-corrected chi connectivity index (χ2v) is 7.43. The summed E-state index contributed by atoms with van der Waals surface area (Å²) in [7, 11) is -3.66. The first-order chi connectivity index (χ1) is 9.64. The first-order valence-corrected chi connectivity index (χ1v) is 8.61. The second-order valence-electron chi connectivity index (χ2n) is 5.87. The molecular weight excluding hydrogens is 288 g/mol. The quantitative estimate of drug-likeness (QED) is 0.806. The lowest BCUT2D eigenvalue weighted by Crippen LogP contribution is -2.43.